The third kappa shape index (κ3) is 6.49. The topological polar surface area (TPSA) is 24.5 Å². The highest BCUT2D eigenvalue weighted by Crippen LogP contribution is 2.29. The molecule has 0 saturated carbocycles. The van der Waals surface area contributed by atoms with Gasteiger partial charge in [0, 0.05) is 26.8 Å². The van der Waals surface area contributed by atoms with Crippen LogP contribution in [0.5, 0.6) is 0 Å². The van der Waals surface area contributed by atoms with Gasteiger partial charge in [0.2, 0.25) is 0 Å². The summed E-state index contributed by atoms with van der Waals surface area (Å²) in [7, 11) is 1.49. The van der Waals surface area contributed by atoms with Gasteiger partial charge in [-0.15, -0.1) is 0 Å². The Kier molecular flexibility index (Phi) is 11.5. The third-order valence-electron chi connectivity index (χ3n) is 3.67. The molecule has 1 aromatic rings. The van der Waals surface area contributed by atoms with Gasteiger partial charge in [-0.3, -0.25) is 0 Å². The van der Waals surface area contributed by atoms with E-state index in [1.54, 1.807) is 0 Å². The van der Waals surface area contributed by atoms with E-state index in [-0.39, 0.29) is 19.0 Å². The molecule has 0 aliphatic carbocycles. The fraction of sp³-hybridized carbons (Fsp3) is 0.529. The Bertz CT molecular complexity index is 537. The maximum Gasteiger partial charge on any atom is 0.185 e. The van der Waals surface area contributed by atoms with Crippen LogP contribution in [0.2, 0.25) is 0 Å². The second kappa shape index (κ2) is 12.1. The first-order valence-corrected chi connectivity index (χ1v) is 7.95. The summed E-state index contributed by atoms with van der Waals surface area (Å²) in [4.78, 5) is 1.99. The van der Waals surface area contributed by atoms with Crippen molar-refractivity contribution in [3.63, 3.8) is 0 Å². The molecule has 0 fully saturated rings. The normalized spacial score (nSPS) is 11.2. The van der Waals surface area contributed by atoms with E-state index in [1.165, 1.54) is 13.2 Å². The lowest BCUT2D eigenvalue weighted by molar-refractivity contribution is -0.00000748. The fourth-order valence-electron chi connectivity index (χ4n) is 2.18. The minimum atomic E-state index is -1.42. The number of ether oxygens (including phenoxy) is 1. The maximum absolute atomic E-state index is 14.1. The van der Waals surface area contributed by atoms with E-state index in [4.69, 9.17) is 4.74 Å². The second-order valence-electron chi connectivity index (χ2n) is 5.21. The van der Waals surface area contributed by atoms with Crippen LogP contribution in [0.25, 0.3) is 6.08 Å². The highest BCUT2D eigenvalue weighted by atomic mass is 35.5. The number of rotatable bonds is 10. The van der Waals surface area contributed by atoms with Gasteiger partial charge in [-0.25, -0.2) is 17.6 Å². The van der Waals surface area contributed by atoms with Crippen LogP contribution in [0.1, 0.15) is 25.8 Å². The van der Waals surface area contributed by atoms with Crippen LogP contribution in [0.3, 0.4) is 0 Å². The van der Waals surface area contributed by atoms with Crippen molar-refractivity contribution in [2.75, 3.05) is 45.2 Å². The molecule has 1 rings (SSSR count). The van der Waals surface area contributed by atoms with Gasteiger partial charge in [-0.2, -0.15) is 0 Å². The van der Waals surface area contributed by atoms with E-state index >= 15 is 0 Å². The Hall–Kier alpha value is -1.31. The summed E-state index contributed by atoms with van der Waals surface area (Å²) in [6.07, 6.45) is 3.01. The molecule has 0 spiro atoms. The lowest BCUT2D eigenvalue weighted by atomic mass is 10.1. The van der Waals surface area contributed by atoms with Crippen molar-refractivity contribution in [3.05, 3.63) is 34.9 Å². The van der Waals surface area contributed by atoms with Gasteiger partial charge in [0.1, 0.15) is 5.69 Å². The Balaban J connectivity index is 0.00000576. The highest BCUT2D eigenvalue weighted by molar-refractivity contribution is 5.58. The molecule has 0 aromatic heterocycles. The van der Waals surface area contributed by atoms with Gasteiger partial charge in [-0.1, -0.05) is 26.0 Å². The summed E-state index contributed by atoms with van der Waals surface area (Å²) < 4.78 is 60.9. The maximum atomic E-state index is 14.1. The molecule has 0 bridgehead atoms. The van der Waals surface area contributed by atoms with Crippen LogP contribution in [0.4, 0.5) is 23.2 Å². The third-order valence-corrected chi connectivity index (χ3v) is 3.67. The number of methoxy groups -OCH3 is 1. The second-order valence-corrected chi connectivity index (χ2v) is 5.21. The first kappa shape index (κ1) is 23.7. The van der Waals surface area contributed by atoms with Crippen molar-refractivity contribution < 1.29 is 34.7 Å². The summed E-state index contributed by atoms with van der Waals surface area (Å²) in [5.74, 6) is -5.65. The minimum Gasteiger partial charge on any atom is -1.00 e. The number of likely N-dealkylation sites (N-methyl/N-ethyl adjacent to an activating group) is 1. The number of halogens is 5. The van der Waals surface area contributed by atoms with E-state index in [0.717, 1.165) is 19.2 Å². The lowest BCUT2D eigenvalue weighted by Crippen LogP contribution is -3.00. The smallest absolute Gasteiger partial charge is 0.185 e. The van der Waals surface area contributed by atoms with Gasteiger partial charge in [-0.05, 0) is 19.5 Å². The van der Waals surface area contributed by atoms with Crippen LogP contribution in [-0.2, 0) is 4.74 Å². The Morgan fingerprint density at radius 2 is 1.56 bits per heavy atom. The number of hydrogen-bond donors (Lipinski definition) is 1. The number of hydrogen-bond acceptors (Lipinski definition) is 3. The van der Waals surface area contributed by atoms with Gasteiger partial charge in [0.05, 0.1) is 5.56 Å². The fourth-order valence-corrected chi connectivity index (χ4v) is 2.18. The van der Waals surface area contributed by atoms with Crippen molar-refractivity contribution in [1.29, 1.82) is 0 Å². The first-order valence-electron chi connectivity index (χ1n) is 7.95. The molecular formula is C17H24ClF4N2O-. The molecule has 0 radical (unpaired) electrons. The van der Waals surface area contributed by atoms with Gasteiger partial charge in [0.25, 0.3) is 0 Å². The number of nitrogens with zero attached hydrogens (tertiary/aromatic N) is 1. The van der Waals surface area contributed by atoms with Crippen LogP contribution in [0.15, 0.2) is 6.08 Å². The minimum absolute atomic E-state index is 0. The Morgan fingerprint density at radius 1 is 1.00 bits per heavy atom. The zero-order valence-corrected chi connectivity index (χ0v) is 15.4. The summed E-state index contributed by atoms with van der Waals surface area (Å²) in [5, 5.41) is 2.38. The monoisotopic (exact) mass is 383 g/mol. The Morgan fingerprint density at radius 3 is 2.04 bits per heavy atom. The quantitative estimate of drug-likeness (QED) is 0.371. The van der Waals surface area contributed by atoms with E-state index in [1.807, 2.05) is 18.7 Å². The molecule has 0 aliphatic rings. The molecule has 0 aliphatic heterocycles. The van der Waals surface area contributed by atoms with Crippen LogP contribution >= 0.6 is 0 Å². The first-order chi connectivity index (χ1) is 11.5. The summed E-state index contributed by atoms with van der Waals surface area (Å²) in [6.45, 7) is 6.36. The molecule has 25 heavy (non-hydrogen) atoms. The molecule has 8 heteroatoms. The van der Waals surface area contributed by atoms with Crippen LogP contribution in [-0.4, -0.2) is 44.8 Å². The predicted molar refractivity (Wildman–Crippen MR) is 88.1 cm³/mol. The molecule has 0 amide bonds. The van der Waals surface area contributed by atoms with Gasteiger partial charge >= 0.3 is 0 Å². The standard InChI is InChI=1S/C17H24F4N2O.ClH/c1-4-23(5-2)10-6-8-12-13(18)15(20)17(16(21)14(12)19)22-9-7-11-24-3;/h6,8,22H,4-5,7,9-11H2,1-3H3;1H/p-1/b8-6+;. The SMILES string of the molecule is CCN(CC)C/C=C/c1c(F)c(F)c(NCCCOC)c(F)c1F.[Cl-]. The average molecular weight is 384 g/mol. The molecule has 1 N–H and O–H groups in total. The molecule has 0 saturated heterocycles. The zero-order valence-electron chi connectivity index (χ0n) is 14.6. The predicted octanol–water partition coefficient (Wildman–Crippen LogP) is 1.05. The largest absolute Gasteiger partial charge is 1.00 e. The highest BCUT2D eigenvalue weighted by Gasteiger charge is 2.23. The van der Waals surface area contributed by atoms with Crippen LogP contribution in [0, 0.1) is 23.3 Å². The van der Waals surface area contributed by atoms with Crippen molar-refractivity contribution in [3.8, 4) is 0 Å². The summed E-state index contributed by atoms with van der Waals surface area (Å²) in [5.41, 5.74) is -1.50. The van der Waals surface area contributed by atoms with E-state index in [2.05, 4.69) is 5.32 Å². The zero-order chi connectivity index (χ0) is 18.1. The van der Waals surface area contributed by atoms with Gasteiger partial charge in [0.15, 0.2) is 23.3 Å². The summed E-state index contributed by atoms with van der Waals surface area (Å²) in [6, 6.07) is 0. The average Bonchev–Trinajstić information content (AvgIpc) is 2.59. The molecular weight excluding hydrogens is 360 g/mol. The number of anilines is 1. The van der Waals surface area contributed by atoms with E-state index < -0.39 is 34.5 Å². The summed E-state index contributed by atoms with van der Waals surface area (Å²) >= 11 is 0. The van der Waals surface area contributed by atoms with E-state index in [0.29, 0.717) is 19.6 Å². The van der Waals surface area contributed by atoms with Gasteiger partial charge < -0.3 is 27.4 Å². The van der Waals surface area contributed by atoms with Crippen molar-refractivity contribution >= 4 is 11.8 Å². The molecule has 0 unspecified atom stereocenters. The molecule has 0 atom stereocenters. The lowest BCUT2D eigenvalue weighted by Gasteiger charge is -2.15. The molecule has 3 nitrogen and oxygen atoms in total. The number of nitrogens with one attached hydrogen (secondary N) is 1. The number of benzene rings is 1. The molecule has 144 valence electrons. The van der Waals surface area contributed by atoms with Crippen LogP contribution < -0.4 is 17.7 Å². The van der Waals surface area contributed by atoms with Crippen molar-refractivity contribution in [1.82, 2.24) is 4.90 Å². The van der Waals surface area contributed by atoms with Crippen molar-refractivity contribution in [2.24, 2.45) is 0 Å². The molecule has 0 heterocycles. The molecule has 1 aromatic carbocycles. The van der Waals surface area contributed by atoms with E-state index in [9.17, 15) is 17.6 Å². The Labute approximate surface area is 152 Å². The van der Waals surface area contributed by atoms with Crippen molar-refractivity contribution in [2.45, 2.75) is 20.3 Å².